The number of quaternary nitrogens is 1. The average molecular weight is 476 g/mol. The van der Waals surface area contributed by atoms with E-state index in [1.165, 1.54) is 49.4 Å². The Morgan fingerprint density at radius 1 is 0.864 bits per heavy atom. The zero-order chi connectivity index (χ0) is 16.4. The van der Waals surface area contributed by atoms with Gasteiger partial charge in [0.2, 0.25) is 0 Å². The maximum absolute atomic E-state index is 6.58. The van der Waals surface area contributed by atoms with E-state index in [-0.39, 0.29) is 24.0 Å². The Kier molecular flexibility index (Phi) is 9.06. The monoisotopic (exact) mass is 475 g/mol. The zero-order valence-electron chi connectivity index (χ0n) is 16.1. The Morgan fingerprint density at radius 2 is 1.36 bits per heavy atom. The van der Waals surface area contributed by atoms with Crippen LogP contribution in [0.15, 0.2) is 0 Å². The molecule has 134 valence electrons. The fraction of sp³-hybridized carbons (Fsp3) is 1.00. The van der Waals surface area contributed by atoms with E-state index < -0.39 is 25.2 Å². The lowest BCUT2D eigenvalue weighted by Gasteiger charge is -2.38. The topological polar surface area (TPSA) is 18.5 Å². The van der Waals surface area contributed by atoms with Crippen LogP contribution in [0.1, 0.15) is 19.3 Å². The summed E-state index contributed by atoms with van der Waals surface area (Å²) in [7, 11) is -2.63. The summed E-state index contributed by atoms with van der Waals surface area (Å²) in [5, 5.41) is 0. The molecule has 1 heterocycles. The molecule has 0 aromatic carbocycles. The second kappa shape index (κ2) is 8.57. The molecule has 0 bridgehead atoms. The van der Waals surface area contributed by atoms with Crippen LogP contribution in [-0.4, -0.2) is 56.4 Å². The van der Waals surface area contributed by atoms with Crippen LogP contribution in [0.25, 0.3) is 0 Å². The third kappa shape index (κ3) is 9.53. The van der Waals surface area contributed by atoms with E-state index in [4.69, 9.17) is 8.23 Å². The van der Waals surface area contributed by atoms with Crippen LogP contribution in [-0.2, 0) is 8.23 Å². The van der Waals surface area contributed by atoms with Crippen molar-refractivity contribution < 1.29 is 36.7 Å². The molecule has 0 unspecified atom stereocenters. The van der Waals surface area contributed by atoms with Gasteiger partial charge in [-0.25, -0.2) is 0 Å². The summed E-state index contributed by atoms with van der Waals surface area (Å²) >= 11 is 0. The molecule has 22 heavy (non-hydrogen) atoms. The van der Waals surface area contributed by atoms with Gasteiger partial charge in [0, 0.05) is 12.8 Å². The molecule has 0 atom stereocenters. The van der Waals surface area contributed by atoms with Gasteiger partial charge < -0.3 is 36.7 Å². The Bertz CT molecular complexity index is 340. The second-order valence-corrected chi connectivity index (χ2v) is 21.8. The van der Waals surface area contributed by atoms with Crippen molar-refractivity contribution in [2.75, 3.05) is 26.7 Å². The van der Waals surface area contributed by atoms with Crippen molar-refractivity contribution in [3.05, 3.63) is 0 Å². The predicted molar refractivity (Wildman–Crippen MR) is 99.9 cm³/mol. The van der Waals surface area contributed by atoms with Gasteiger partial charge in [0.05, 0.1) is 26.7 Å². The summed E-state index contributed by atoms with van der Waals surface area (Å²) in [6, 6.07) is 1.27. The molecule has 0 aliphatic carbocycles. The fourth-order valence-corrected chi connectivity index (χ4v) is 16.9. The third-order valence-electron chi connectivity index (χ3n) is 4.20. The Labute approximate surface area is 159 Å². The summed E-state index contributed by atoms with van der Waals surface area (Å²) in [6.45, 7) is 20.1. The van der Waals surface area contributed by atoms with E-state index >= 15 is 0 Å². The molecule has 1 saturated heterocycles. The standard InChI is InChI=1S/C15H38NO2Si3.HI/c1-16(12-9-10-13-16)14-11-15-20(5,6)18-21(7,8)17-19(2,3)4;/h9-15H2,1-8H3;1H/q+1;/p-1. The summed E-state index contributed by atoms with van der Waals surface area (Å²) in [5.74, 6) is 0. The molecule has 3 nitrogen and oxygen atoms in total. The molecule has 0 saturated carbocycles. The number of likely N-dealkylation sites (tertiary alicyclic amines) is 1. The largest absolute Gasteiger partial charge is 1.00 e. The van der Waals surface area contributed by atoms with Crippen LogP contribution >= 0.6 is 0 Å². The minimum atomic E-state index is -1.96. The van der Waals surface area contributed by atoms with E-state index in [1.54, 1.807) is 0 Å². The van der Waals surface area contributed by atoms with Crippen LogP contribution in [0.3, 0.4) is 0 Å². The highest BCUT2D eigenvalue weighted by Gasteiger charge is 2.38. The number of hydrogen-bond acceptors (Lipinski definition) is 2. The van der Waals surface area contributed by atoms with E-state index in [9.17, 15) is 0 Å². The van der Waals surface area contributed by atoms with Gasteiger partial charge in [-0.05, 0) is 58.3 Å². The smallest absolute Gasteiger partial charge is 0.311 e. The third-order valence-corrected chi connectivity index (χ3v) is 14.3. The molecule has 1 fully saturated rings. The van der Waals surface area contributed by atoms with Gasteiger partial charge in [0.15, 0.2) is 16.6 Å². The van der Waals surface area contributed by atoms with Crippen molar-refractivity contribution in [2.24, 2.45) is 0 Å². The molecule has 7 heteroatoms. The minimum Gasteiger partial charge on any atom is -1.00 e. The van der Waals surface area contributed by atoms with Crippen molar-refractivity contribution in [3.63, 3.8) is 0 Å². The Hall–Kier alpha value is 1.26. The molecule has 0 amide bonds. The summed E-state index contributed by atoms with van der Waals surface area (Å²) in [6.07, 6.45) is 4.14. The Balaban J connectivity index is 0.00000441. The van der Waals surface area contributed by atoms with Gasteiger partial charge >= 0.3 is 8.56 Å². The summed E-state index contributed by atoms with van der Waals surface area (Å²) in [4.78, 5) is 0. The number of hydrogen-bond donors (Lipinski definition) is 0. The first-order chi connectivity index (χ1) is 9.33. The molecular weight excluding hydrogens is 437 g/mol. The van der Waals surface area contributed by atoms with Crippen LogP contribution in [0.4, 0.5) is 0 Å². The molecule has 0 radical (unpaired) electrons. The molecular formula is C15H38INO2Si3. The first-order valence-electron chi connectivity index (χ1n) is 8.57. The highest BCUT2D eigenvalue weighted by Crippen LogP contribution is 2.25. The molecule has 1 aliphatic heterocycles. The lowest BCUT2D eigenvalue weighted by molar-refractivity contribution is -0.897. The van der Waals surface area contributed by atoms with E-state index in [0.29, 0.717) is 0 Å². The van der Waals surface area contributed by atoms with E-state index in [2.05, 4.69) is 52.9 Å². The number of halogens is 1. The molecule has 1 aliphatic rings. The quantitative estimate of drug-likeness (QED) is 0.300. The normalized spacial score (nSPS) is 19.1. The molecule has 0 N–H and O–H groups in total. The van der Waals surface area contributed by atoms with Crippen molar-refractivity contribution in [1.29, 1.82) is 0 Å². The summed E-state index contributed by atoms with van der Waals surface area (Å²) < 4.78 is 14.2. The Morgan fingerprint density at radius 3 is 1.82 bits per heavy atom. The van der Waals surface area contributed by atoms with Crippen LogP contribution in [0, 0.1) is 0 Å². The second-order valence-electron chi connectivity index (χ2n) is 9.08. The van der Waals surface area contributed by atoms with Crippen LogP contribution < -0.4 is 24.0 Å². The van der Waals surface area contributed by atoms with E-state index in [1.807, 2.05) is 0 Å². The molecule has 0 spiro atoms. The lowest BCUT2D eigenvalue weighted by atomic mass is 10.4. The van der Waals surface area contributed by atoms with Crippen LogP contribution in [0.2, 0.25) is 51.9 Å². The first-order valence-corrected chi connectivity index (χ1v) is 17.9. The lowest BCUT2D eigenvalue weighted by Crippen LogP contribution is -3.00. The molecule has 0 aromatic heterocycles. The highest BCUT2D eigenvalue weighted by molar-refractivity contribution is 6.87. The maximum Gasteiger partial charge on any atom is 0.311 e. The fourth-order valence-electron chi connectivity index (χ4n) is 3.68. The van der Waals surface area contributed by atoms with Crippen molar-refractivity contribution in [1.82, 2.24) is 0 Å². The number of rotatable bonds is 8. The molecule has 1 rings (SSSR count). The minimum absolute atomic E-state index is 0. The van der Waals surface area contributed by atoms with E-state index in [0.717, 1.165) is 0 Å². The first kappa shape index (κ1) is 23.3. The van der Waals surface area contributed by atoms with Gasteiger partial charge in [-0.1, -0.05) is 0 Å². The maximum atomic E-state index is 6.58. The van der Waals surface area contributed by atoms with Gasteiger partial charge in [-0.15, -0.1) is 0 Å². The van der Waals surface area contributed by atoms with Crippen molar-refractivity contribution in [3.8, 4) is 0 Å². The zero-order valence-corrected chi connectivity index (χ0v) is 21.2. The van der Waals surface area contributed by atoms with Crippen LogP contribution in [0.5, 0.6) is 0 Å². The van der Waals surface area contributed by atoms with Crippen molar-refractivity contribution in [2.45, 2.75) is 71.1 Å². The molecule has 0 aromatic rings. The van der Waals surface area contributed by atoms with Crippen molar-refractivity contribution >= 4 is 25.2 Å². The van der Waals surface area contributed by atoms with Gasteiger partial charge in [-0.3, -0.25) is 0 Å². The average Bonchev–Trinajstić information content (AvgIpc) is 2.58. The van der Waals surface area contributed by atoms with Gasteiger partial charge in [-0.2, -0.15) is 0 Å². The predicted octanol–water partition coefficient (Wildman–Crippen LogP) is 1.40. The SMILES string of the molecule is C[N+]1(CCC[Si](C)(C)O[Si](C)(C)O[Si](C)(C)C)CCCC1.[I-]. The van der Waals surface area contributed by atoms with Gasteiger partial charge in [0.1, 0.15) is 0 Å². The summed E-state index contributed by atoms with van der Waals surface area (Å²) in [5.41, 5.74) is 0. The highest BCUT2D eigenvalue weighted by atomic mass is 127. The number of nitrogens with zero attached hydrogens (tertiary/aromatic N) is 1. The van der Waals surface area contributed by atoms with Gasteiger partial charge in [0.25, 0.3) is 0 Å².